The number of amides is 1. The van der Waals surface area contributed by atoms with Crippen molar-refractivity contribution in [1.82, 2.24) is 4.90 Å². The smallest absolute Gasteiger partial charge is 0.337 e. The number of carbonyl (C=O) groups excluding carboxylic acids is 1. The van der Waals surface area contributed by atoms with Crippen LogP contribution in [-0.4, -0.2) is 42.8 Å². The Kier molecular flexibility index (Phi) is 6.91. The van der Waals surface area contributed by atoms with Gasteiger partial charge in [0.25, 0.3) is 5.91 Å². The summed E-state index contributed by atoms with van der Waals surface area (Å²) in [6, 6.07) is 0. The van der Waals surface area contributed by atoms with Crippen molar-refractivity contribution in [3.05, 3.63) is 0 Å². The number of carbonyl (C=O) groups is 1. The van der Waals surface area contributed by atoms with Crippen LogP contribution in [0.25, 0.3) is 0 Å². The lowest BCUT2D eigenvalue weighted by atomic mass is 9.94. The average Bonchev–Trinajstić information content (AvgIpc) is 2.28. The van der Waals surface area contributed by atoms with Crippen LogP contribution in [0, 0.1) is 5.92 Å². The molecule has 0 aromatic carbocycles. The molecule has 0 aliphatic carbocycles. The minimum Gasteiger partial charge on any atom is -0.337 e. The first kappa shape index (κ1) is 17.4. The van der Waals surface area contributed by atoms with E-state index in [4.69, 9.17) is 5.73 Å². The molecule has 2 N–H and O–H groups in total. The second-order valence-corrected chi connectivity index (χ2v) is 4.26. The van der Waals surface area contributed by atoms with Crippen LogP contribution in [0.15, 0.2) is 0 Å². The normalized spacial score (nSPS) is 20.8. The first-order valence-corrected chi connectivity index (χ1v) is 5.55. The standard InChI is InChI=1S/C10H16F4N2O.ClH/c11-8(12)10(13,14)9(17)16-5-1-2-7(6-16)3-4-15;/h7-8H,1-6,15H2;1H. The van der Waals surface area contributed by atoms with Crippen molar-refractivity contribution in [3.63, 3.8) is 0 Å². The highest BCUT2D eigenvalue weighted by molar-refractivity contribution is 5.85. The molecule has 0 aromatic rings. The molecule has 1 aliphatic rings. The van der Waals surface area contributed by atoms with E-state index in [-0.39, 0.29) is 31.4 Å². The van der Waals surface area contributed by atoms with Gasteiger partial charge in [-0.25, -0.2) is 8.78 Å². The van der Waals surface area contributed by atoms with Crippen LogP contribution in [0.1, 0.15) is 19.3 Å². The van der Waals surface area contributed by atoms with E-state index in [1.54, 1.807) is 0 Å². The fraction of sp³-hybridized carbons (Fsp3) is 0.900. The number of piperidine rings is 1. The monoisotopic (exact) mass is 292 g/mol. The fourth-order valence-electron chi connectivity index (χ4n) is 2.03. The molecule has 8 heteroatoms. The van der Waals surface area contributed by atoms with Crippen molar-refractivity contribution in [2.24, 2.45) is 11.7 Å². The summed E-state index contributed by atoms with van der Waals surface area (Å²) in [7, 11) is 0. The van der Waals surface area contributed by atoms with Gasteiger partial charge in [-0.05, 0) is 31.7 Å². The van der Waals surface area contributed by atoms with Gasteiger partial charge < -0.3 is 10.6 Å². The molecule has 1 heterocycles. The lowest BCUT2D eigenvalue weighted by Crippen LogP contribution is -2.51. The van der Waals surface area contributed by atoms with Crippen molar-refractivity contribution in [3.8, 4) is 0 Å². The van der Waals surface area contributed by atoms with E-state index in [0.717, 1.165) is 11.3 Å². The van der Waals surface area contributed by atoms with Crippen LogP contribution in [0.4, 0.5) is 17.6 Å². The summed E-state index contributed by atoms with van der Waals surface area (Å²) in [6.07, 6.45) is -1.99. The maximum absolute atomic E-state index is 12.9. The van der Waals surface area contributed by atoms with E-state index < -0.39 is 18.3 Å². The Labute approximate surface area is 109 Å². The number of nitrogens with zero attached hydrogens (tertiary/aromatic N) is 1. The predicted molar refractivity (Wildman–Crippen MR) is 61.2 cm³/mol. The Morgan fingerprint density at radius 3 is 2.56 bits per heavy atom. The Morgan fingerprint density at radius 1 is 1.44 bits per heavy atom. The molecule has 0 saturated carbocycles. The molecule has 3 nitrogen and oxygen atoms in total. The van der Waals surface area contributed by atoms with E-state index in [0.29, 0.717) is 19.4 Å². The highest BCUT2D eigenvalue weighted by Crippen LogP contribution is 2.28. The van der Waals surface area contributed by atoms with Crippen LogP contribution in [0.5, 0.6) is 0 Å². The Bertz CT molecular complexity index is 277. The zero-order chi connectivity index (χ0) is 13.1. The first-order valence-electron chi connectivity index (χ1n) is 5.55. The van der Waals surface area contributed by atoms with Crippen LogP contribution >= 0.6 is 12.4 Å². The molecule has 1 amide bonds. The van der Waals surface area contributed by atoms with Crippen molar-refractivity contribution >= 4 is 18.3 Å². The molecule has 0 bridgehead atoms. The molecule has 0 aromatic heterocycles. The summed E-state index contributed by atoms with van der Waals surface area (Å²) < 4.78 is 49.8. The predicted octanol–water partition coefficient (Wildman–Crippen LogP) is 1.90. The zero-order valence-electron chi connectivity index (χ0n) is 9.75. The van der Waals surface area contributed by atoms with Gasteiger partial charge in [0.2, 0.25) is 0 Å². The molecule has 1 fully saturated rings. The van der Waals surface area contributed by atoms with Crippen molar-refractivity contribution in [2.75, 3.05) is 19.6 Å². The summed E-state index contributed by atoms with van der Waals surface area (Å²) in [5.41, 5.74) is 5.34. The molecule has 1 rings (SSSR count). The highest BCUT2D eigenvalue weighted by atomic mass is 35.5. The number of likely N-dealkylation sites (tertiary alicyclic amines) is 1. The molecule has 108 valence electrons. The van der Waals surface area contributed by atoms with Crippen LogP contribution in [0.3, 0.4) is 0 Å². The second-order valence-electron chi connectivity index (χ2n) is 4.26. The van der Waals surface area contributed by atoms with Crippen LogP contribution in [0.2, 0.25) is 0 Å². The summed E-state index contributed by atoms with van der Waals surface area (Å²) in [6.45, 7) is 0.610. The van der Waals surface area contributed by atoms with Crippen molar-refractivity contribution in [1.29, 1.82) is 0 Å². The van der Waals surface area contributed by atoms with Crippen LogP contribution in [-0.2, 0) is 4.79 Å². The van der Waals surface area contributed by atoms with E-state index >= 15 is 0 Å². The number of halogens is 5. The molecule has 1 atom stereocenters. The summed E-state index contributed by atoms with van der Waals surface area (Å²) in [5, 5.41) is 0. The summed E-state index contributed by atoms with van der Waals surface area (Å²) >= 11 is 0. The molecule has 0 spiro atoms. The van der Waals surface area contributed by atoms with Gasteiger partial charge >= 0.3 is 12.3 Å². The third-order valence-corrected chi connectivity index (χ3v) is 2.94. The Hall–Kier alpha value is -0.560. The van der Waals surface area contributed by atoms with Gasteiger partial charge in [-0.3, -0.25) is 4.79 Å². The van der Waals surface area contributed by atoms with E-state index in [1.165, 1.54) is 0 Å². The SMILES string of the molecule is Cl.NCCC1CCCN(C(=O)C(F)(F)C(F)F)C1. The summed E-state index contributed by atoms with van der Waals surface area (Å²) in [4.78, 5) is 12.1. The number of hydrogen-bond donors (Lipinski definition) is 1. The number of rotatable bonds is 4. The molecular formula is C10H17ClF4N2O. The fourth-order valence-corrected chi connectivity index (χ4v) is 2.03. The third-order valence-electron chi connectivity index (χ3n) is 2.94. The van der Waals surface area contributed by atoms with Gasteiger partial charge in [0.15, 0.2) is 0 Å². The van der Waals surface area contributed by atoms with Gasteiger partial charge in [0.05, 0.1) is 0 Å². The maximum Gasteiger partial charge on any atom is 0.383 e. The molecule has 1 aliphatic heterocycles. The van der Waals surface area contributed by atoms with Gasteiger partial charge in [0, 0.05) is 13.1 Å². The largest absolute Gasteiger partial charge is 0.383 e. The minimum absolute atomic E-state index is 0. The third kappa shape index (κ3) is 3.98. The number of alkyl halides is 4. The molecule has 0 radical (unpaired) electrons. The maximum atomic E-state index is 12.9. The quantitative estimate of drug-likeness (QED) is 0.805. The van der Waals surface area contributed by atoms with E-state index in [1.807, 2.05) is 0 Å². The topological polar surface area (TPSA) is 46.3 Å². The summed E-state index contributed by atoms with van der Waals surface area (Å²) in [5.74, 6) is -6.31. The Balaban J connectivity index is 0.00000289. The van der Waals surface area contributed by atoms with Crippen LogP contribution < -0.4 is 5.73 Å². The van der Waals surface area contributed by atoms with E-state index in [2.05, 4.69) is 0 Å². The number of hydrogen-bond acceptors (Lipinski definition) is 2. The lowest BCUT2D eigenvalue weighted by Gasteiger charge is -2.34. The first-order chi connectivity index (χ1) is 7.89. The highest BCUT2D eigenvalue weighted by Gasteiger charge is 2.51. The van der Waals surface area contributed by atoms with Crippen molar-refractivity contribution in [2.45, 2.75) is 31.6 Å². The molecule has 18 heavy (non-hydrogen) atoms. The van der Waals surface area contributed by atoms with Gasteiger partial charge in [-0.1, -0.05) is 0 Å². The van der Waals surface area contributed by atoms with E-state index in [9.17, 15) is 22.4 Å². The minimum atomic E-state index is -4.58. The molecule has 1 unspecified atom stereocenters. The molecular weight excluding hydrogens is 276 g/mol. The molecule has 1 saturated heterocycles. The van der Waals surface area contributed by atoms with Crippen molar-refractivity contribution < 1.29 is 22.4 Å². The van der Waals surface area contributed by atoms with Gasteiger partial charge in [-0.2, -0.15) is 8.78 Å². The number of nitrogens with two attached hydrogens (primary N) is 1. The van der Waals surface area contributed by atoms with Gasteiger partial charge in [-0.15, -0.1) is 12.4 Å². The lowest BCUT2D eigenvalue weighted by molar-refractivity contribution is -0.182. The average molecular weight is 293 g/mol. The van der Waals surface area contributed by atoms with Gasteiger partial charge in [0.1, 0.15) is 0 Å². The second kappa shape index (κ2) is 7.13. The Morgan fingerprint density at radius 2 is 2.06 bits per heavy atom. The zero-order valence-corrected chi connectivity index (χ0v) is 10.6.